The van der Waals surface area contributed by atoms with Crippen molar-refractivity contribution in [1.29, 1.82) is 0 Å². The minimum absolute atomic E-state index is 0.00380. The zero-order valence-electron chi connectivity index (χ0n) is 18.2. The molecule has 1 atom stereocenters. The highest BCUT2D eigenvalue weighted by Gasteiger charge is 2.24. The second-order valence-corrected chi connectivity index (χ2v) is 8.01. The number of nitrogens with one attached hydrogen (secondary N) is 1. The summed E-state index contributed by atoms with van der Waals surface area (Å²) < 4.78 is 12.1. The van der Waals surface area contributed by atoms with Gasteiger partial charge in [0, 0.05) is 31.1 Å². The number of fused-ring (bicyclic) bond motifs is 1. The number of esters is 1. The Kier molecular flexibility index (Phi) is 6.37. The number of nitrogens with zero attached hydrogens (tertiary/aromatic N) is 1. The second-order valence-electron chi connectivity index (χ2n) is 8.01. The number of hydrogen-bond donors (Lipinski definition) is 1. The molecule has 1 aliphatic rings. The number of amides is 1. The highest BCUT2D eigenvalue weighted by atomic mass is 16.5. The standard InChI is InChI=1S/C25H26N2O5/c1-16-9-11-17(12-10-16)22-19-7-3-4-8-20(19)24(29)27(2)23(22)25(30)32-15-21(28)26-14-18-6-5-13-31-18/h3-4,7-12,18H,5-6,13-15H2,1-2H3,(H,26,28). The average molecular weight is 434 g/mol. The Morgan fingerprint density at radius 2 is 1.84 bits per heavy atom. The Labute approximate surface area is 186 Å². The van der Waals surface area contributed by atoms with E-state index in [2.05, 4.69) is 5.32 Å². The van der Waals surface area contributed by atoms with Crippen LogP contribution < -0.4 is 10.9 Å². The van der Waals surface area contributed by atoms with Crippen molar-refractivity contribution in [3.8, 4) is 11.1 Å². The Balaban J connectivity index is 1.65. The number of aromatic nitrogens is 1. The summed E-state index contributed by atoms with van der Waals surface area (Å²) in [6.45, 7) is 2.64. The first-order chi connectivity index (χ1) is 15.5. The maximum atomic E-state index is 13.1. The summed E-state index contributed by atoms with van der Waals surface area (Å²) in [5.41, 5.74) is 2.29. The molecule has 0 saturated carbocycles. The number of ether oxygens (including phenoxy) is 2. The van der Waals surface area contributed by atoms with Gasteiger partial charge in [-0.2, -0.15) is 0 Å². The Morgan fingerprint density at radius 1 is 1.12 bits per heavy atom. The zero-order valence-corrected chi connectivity index (χ0v) is 18.2. The Morgan fingerprint density at radius 3 is 2.53 bits per heavy atom. The summed E-state index contributed by atoms with van der Waals surface area (Å²) in [6.07, 6.45) is 1.89. The first-order valence-electron chi connectivity index (χ1n) is 10.7. The van der Waals surface area contributed by atoms with E-state index in [4.69, 9.17) is 9.47 Å². The highest BCUT2D eigenvalue weighted by Crippen LogP contribution is 2.31. The first kappa shape index (κ1) is 21.8. The van der Waals surface area contributed by atoms with E-state index in [1.165, 1.54) is 4.57 Å². The molecular weight excluding hydrogens is 408 g/mol. The summed E-state index contributed by atoms with van der Waals surface area (Å²) >= 11 is 0. The number of pyridine rings is 1. The van der Waals surface area contributed by atoms with Gasteiger partial charge in [-0.15, -0.1) is 0 Å². The SMILES string of the molecule is Cc1ccc(-c2c(C(=O)OCC(=O)NCC3CCCO3)n(C)c(=O)c3ccccc23)cc1. The summed E-state index contributed by atoms with van der Waals surface area (Å²) in [7, 11) is 1.54. The van der Waals surface area contributed by atoms with E-state index in [1.54, 1.807) is 19.2 Å². The van der Waals surface area contributed by atoms with Crippen LogP contribution in [-0.2, 0) is 21.3 Å². The molecule has 32 heavy (non-hydrogen) atoms. The van der Waals surface area contributed by atoms with Crippen LogP contribution in [0.5, 0.6) is 0 Å². The van der Waals surface area contributed by atoms with Crippen LogP contribution in [0.4, 0.5) is 0 Å². The lowest BCUT2D eigenvalue weighted by atomic mass is 9.96. The number of rotatable bonds is 6. The van der Waals surface area contributed by atoms with Crippen molar-refractivity contribution in [2.24, 2.45) is 7.05 Å². The van der Waals surface area contributed by atoms with E-state index >= 15 is 0 Å². The predicted octanol–water partition coefficient (Wildman–Crippen LogP) is 2.97. The number of benzene rings is 2. The largest absolute Gasteiger partial charge is 0.451 e. The lowest BCUT2D eigenvalue weighted by Gasteiger charge is -2.17. The van der Waals surface area contributed by atoms with E-state index in [-0.39, 0.29) is 17.4 Å². The average Bonchev–Trinajstić information content (AvgIpc) is 3.33. The molecule has 1 aliphatic heterocycles. The van der Waals surface area contributed by atoms with E-state index in [1.807, 2.05) is 43.3 Å². The topological polar surface area (TPSA) is 86.6 Å². The van der Waals surface area contributed by atoms with Gasteiger partial charge in [-0.1, -0.05) is 48.0 Å². The fourth-order valence-corrected chi connectivity index (χ4v) is 4.00. The van der Waals surface area contributed by atoms with Crippen molar-refractivity contribution < 1.29 is 19.1 Å². The molecule has 7 nitrogen and oxygen atoms in total. The molecule has 2 heterocycles. The predicted molar refractivity (Wildman–Crippen MR) is 122 cm³/mol. The fourth-order valence-electron chi connectivity index (χ4n) is 4.00. The van der Waals surface area contributed by atoms with Crippen LogP contribution in [0, 0.1) is 6.92 Å². The van der Waals surface area contributed by atoms with Gasteiger partial charge in [-0.3, -0.25) is 9.59 Å². The molecular formula is C25H26N2O5. The van der Waals surface area contributed by atoms with Crippen molar-refractivity contribution in [2.45, 2.75) is 25.9 Å². The quantitative estimate of drug-likeness (QED) is 0.603. The minimum atomic E-state index is -0.724. The van der Waals surface area contributed by atoms with E-state index < -0.39 is 18.5 Å². The number of carbonyl (C=O) groups is 2. The minimum Gasteiger partial charge on any atom is -0.451 e. The van der Waals surface area contributed by atoms with Crippen molar-refractivity contribution in [1.82, 2.24) is 9.88 Å². The van der Waals surface area contributed by atoms with Crippen molar-refractivity contribution in [2.75, 3.05) is 19.8 Å². The summed E-state index contributed by atoms with van der Waals surface area (Å²) in [5.74, 6) is -1.13. The molecule has 3 aromatic rings. The molecule has 0 radical (unpaired) electrons. The molecule has 1 saturated heterocycles. The van der Waals surface area contributed by atoms with Crippen molar-refractivity contribution in [3.05, 3.63) is 70.1 Å². The molecule has 1 aromatic heterocycles. The van der Waals surface area contributed by atoms with Gasteiger partial charge < -0.3 is 19.4 Å². The van der Waals surface area contributed by atoms with Crippen LogP contribution in [0.15, 0.2) is 53.3 Å². The number of hydrogen-bond acceptors (Lipinski definition) is 5. The Hall–Kier alpha value is -3.45. The maximum absolute atomic E-state index is 13.1. The third kappa shape index (κ3) is 4.43. The van der Waals surface area contributed by atoms with Crippen LogP contribution in [0.1, 0.15) is 28.9 Å². The monoisotopic (exact) mass is 434 g/mol. The van der Waals surface area contributed by atoms with Gasteiger partial charge in [0.25, 0.3) is 11.5 Å². The van der Waals surface area contributed by atoms with Gasteiger partial charge in [-0.25, -0.2) is 4.79 Å². The highest BCUT2D eigenvalue weighted by molar-refractivity contribution is 6.07. The van der Waals surface area contributed by atoms with Crippen LogP contribution in [0.3, 0.4) is 0 Å². The van der Waals surface area contributed by atoms with E-state index in [0.29, 0.717) is 29.5 Å². The lowest BCUT2D eigenvalue weighted by Crippen LogP contribution is -2.35. The zero-order chi connectivity index (χ0) is 22.7. The molecule has 2 aromatic carbocycles. The first-order valence-corrected chi connectivity index (χ1v) is 10.7. The van der Waals surface area contributed by atoms with Crippen molar-refractivity contribution >= 4 is 22.6 Å². The molecule has 1 fully saturated rings. The molecule has 7 heteroatoms. The fraction of sp³-hybridized carbons (Fsp3) is 0.320. The molecule has 166 valence electrons. The molecule has 0 aliphatic carbocycles. The third-order valence-electron chi connectivity index (χ3n) is 5.72. The third-order valence-corrected chi connectivity index (χ3v) is 5.72. The van der Waals surface area contributed by atoms with Crippen LogP contribution in [-0.4, -0.2) is 42.3 Å². The van der Waals surface area contributed by atoms with Gasteiger partial charge in [0.1, 0.15) is 5.69 Å². The van der Waals surface area contributed by atoms with Gasteiger partial charge >= 0.3 is 5.97 Å². The molecule has 0 spiro atoms. The molecule has 4 rings (SSSR count). The summed E-state index contributed by atoms with van der Waals surface area (Å²) in [4.78, 5) is 38.2. The Bertz CT molecular complexity index is 1210. The summed E-state index contributed by atoms with van der Waals surface area (Å²) in [5, 5.41) is 3.90. The van der Waals surface area contributed by atoms with E-state index in [0.717, 1.165) is 24.0 Å². The van der Waals surface area contributed by atoms with Gasteiger partial charge in [-0.05, 0) is 36.8 Å². The number of aryl methyl sites for hydroxylation is 1. The van der Waals surface area contributed by atoms with E-state index in [9.17, 15) is 14.4 Å². The normalized spacial score (nSPS) is 15.6. The molecule has 1 amide bonds. The number of carbonyl (C=O) groups excluding carboxylic acids is 2. The lowest BCUT2D eigenvalue weighted by molar-refractivity contribution is -0.124. The second kappa shape index (κ2) is 9.36. The smallest absolute Gasteiger partial charge is 0.356 e. The molecule has 1 unspecified atom stereocenters. The summed E-state index contributed by atoms with van der Waals surface area (Å²) in [6, 6.07) is 14.9. The van der Waals surface area contributed by atoms with Crippen LogP contribution in [0.25, 0.3) is 21.9 Å². The molecule has 0 bridgehead atoms. The van der Waals surface area contributed by atoms with Gasteiger partial charge in [0.2, 0.25) is 0 Å². The maximum Gasteiger partial charge on any atom is 0.356 e. The molecule has 1 N–H and O–H groups in total. The van der Waals surface area contributed by atoms with Crippen LogP contribution >= 0.6 is 0 Å². The van der Waals surface area contributed by atoms with Gasteiger partial charge in [0.15, 0.2) is 6.61 Å². The van der Waals surface area contributed by atoms with Gasteiger partial charge in [0.05, 0.1) is 6.10 Å². The van der Waals surface area contributed by atoms with Crippen LogP contribution in [0.2, 0.25) is 0 Å². The van der Waals surface area contributed by atoms with Crippen molar-refractivity contribution in [3.63, 3.8) is 0 Å².